The van der Waals surface area contributed by atoms with E-state index in [0.29, 0.717) is 0 Å². The Bertz CT molecular complexity index is 5590. The molecule has 15 aromatic carbocycles. The third-order valence-electron chi connectivity index (χ3n) is 23.6. The molecular formula is C91H72GeN6. The van der Waals surface area contributed by atoms with Crippen LogP contribution >= 0.6 is 0 Å². The predicted octanol–water partition coefficient (Wildman–Crippen LogP) is 24.4. The summed E-state index contributed by atoms with van der Waals surface area (Å²) in [5.74, 6) is 0. The normalized spacial score (nSPS) is 14.5. The van der Waals surface area contributed by atoms with Crippen molar-refractivity contribution in [2.45, 2.75) is 87.3 Å². The van der Waals surface area contributed by atoms with Gasteiger partial charge < -0.3 is 0 Å². The summed E-state index contributed by atoms with van der Waals surface area (Å²) in [6.45, 7) is 22.9. The number of rotatable bonds is 6. The molecule has 0 aliphatic carbocycles. The molecule has 6 heterocycles. The standard InChI is InChI=1S/C91H72GeN6/c1-11-12-37-92-89-83-38-62-41-86(89)97-81-35-23-57(9)69-45-66-54(6)20-32-78(72(66)48-75(69)81)94(60-27-15-51(3)16-28-60)63-39-84(97)90(92)88(43-63)98-82-36-24-58(10)70-46-67-55(7)21-33-79(73(67)49-76(70)82)95(61-29-17-52(4)18-30-61)64-40-85(98)91(92)87(42-64)96(83)80-34-22-56(8)68-44-65-53(5)19-31-77(71(65)47-74(68)80)93(62)59-25-13-50(2)14-26-59/h13-36,38-49H,11-12,37H2,1-10H3. The van der Waals surface area contributed by atoms with Crippen molar-refractivity contribution >= 4 is 193 Å². The number of anilines is 18. The Morgan fingerprint density at radius 1 is 0.214 bits per heavy atom. The summed E-state index contributed by atoms with van der Waals surface area (Å²) in [4.78, 5) is 16.3. The molecule has 6 aliphatic heterocycles. The van der Waals surface area contributed by atoms with Gasteiger partial charge in [-0.25, -0.2) is 0 Å². The number of unbranched alkanes of at least 4 members (excludes halogenated alkanes) is 1. The van der Waals surface area contributed by atoms with Gasteiger partial charge in [-0.05, 0) is 0 Å². The number of hydrogen-bond acceptors (Lipinski definition) is 6. The summed E-state index contributed by atoms with van der Waals surface area (Å²) in [5.41, 5.74) is 32.9. The number of benzene rings is 15. The van der Waals surface area contributed by atoms with Crippen molar-refractivity contribution in [2.24, 2.45) is 0 Å². The van der Waals surface area contributed by atoms with Gasteiger partial charge in [-0.1, -0.05) is 0 Å². The minimum absolute atomic E-state index is 1.07. The molecule has 6 nitrogen and oxygen atoms in total. The van der Waals surface area contributed by atoms with Crippen LogP contribution in [0.15, 0.2) is 218 Å². The second-order valence-electron chi connectivity index (χ2n) is 29.3. The zero-order valence-electron chi connectivity index (χ0n) is 57.1. The molecule has 21 rings (SSSR count). The molecule has 0 radical (unpaired) electrons. The second-order valence-corrected chi connectivity index (χ2v) is 37.3. The first-order chi connectivity index (χ1) is 47.7. The van der Waals surface area contributed by atoms with Crippen LogP contribution in [0.4, 0.5) is 102 Å². The van der Waals surface area contributed by atoms with Crippen molar-refractivity contribution in [3.8, 4) is 0 Å². The van der Waals surface area contributed by atoms with Crippen LogP contribution in [0.3, 0.4) is 0 Å². The van der Waals surface area contributed by atoms with E-state index in [1.165, 1.54) is 196 Å². The van der Waals surface area contributed by atoms with Gasteiger partial charge in [0.2, 0.25) is 0 Å². The molecule has 0 spiro atoms. The van der Waals surface area contributed by atoms with Crippen LogP contribution in [-0.2, 0) is 0 Å². The molecular weight excluding hydrogens is 1250 g/mol. The van der Waals surface area contributed by atoms with Crippen LogP contribution in [0.1, 0.15) is 69.8 Å². The fraction of sp³-hybridized carbons (Fsp3) is 0.143. The second kappa shape index (κ2) is 19.7. The Hall–Kier alpha value is -10.8. The first-order valence-corrected chi connectivity index (χ1v) is 39.8. The van der Waals surface area contributed by atoms with Crippen molar-refractivity contribution in [3.63, 3.8) is 0 Å². The van der Waals surface area contributed by atoms with Gasteiger partial charge >= 0.3 is 579 Å². The SMILES string of the molecule is CCC[CH2][Ge]12[c]3c4cc5cc3N3c6cc(cc([c]61)N1c6cc(cc([c]62)N4c2ccc(C)c4cc6c(C)ccc(c6cc24)N5c2ccc(C)cc2)N(c2ccc(C)cc2)c2ccc(C)c4cc5c(C)ccc1c5cc24)N(c1ccc(C)cc1)c1ccc(C)c2cc4c(C)ccc3c4cc12. The quantitative estimate of drug-likeness (QED) is 0.121. The first-order valence-electron chi connectivity index (χ1n) is 35.2. The molecule has 470 valence electrons. The van der Waals surface area contributed by atoms with Crippen LogP contribution in [0.5, 0.6) is 0 Å². The Balaban J connectivity index is 1.04. The zero-order chi connectivity index (χ0) is 65.8. The summed E-state index contributed by atoms with van der Waals surface area (Å²) in [6, 6.07) is 88.3. The Morgan fingerprint density at radius 3 is 0.653 bits per heavy atom. The summed E-state index contributed by atoms with van der Waals surface area (Å²) in [7, 11) is 0. The number of hydrogen-bond donors (Lipinski definition) is 0. The topological polar surface area (TPSA) is 19.4 Å². The molecule has 12 bridgehead atoms. The third kappa shape index (κ3) is 7.27. The van der Waals surface area contributed by atoms with Gasteiger partial charge in [-0.2, -0.15) is 0 Å². The van der Waals surface area contributed by atoms with Crippen LogP contribution < -0.4 is 42.6 Å². The van der Waals surface area contributed by atoms with Crippen molar-refractivity contribution < 1.29 is 0 Å². The zero-order valence-corrected chi connectivity index (χ0v) is 59.2. The van der Waals surface area contributed by atoms with Crippen molar-refractivity contribution in [2.75, 3.05) is 29.4 Å². The maximum absolute atomic E-state index is 4.31. The van der Waals surface area contributed by atoms with Crippen molar-refractivity contribution in [3.05, 3.63) is 268 Å². The third-order valence-corrected chi connectivity index (χ3v) is 34.5. The number of nitrogens with zero attached hydrogens (tertiary/aromatic N) is 6. The van der Waals surface area contributed by atoms with E-state index in [1.807, 2.05) is 0 Å². The van der Waals surface area contributed by atoms with E-state index in [9.17, 15) is 0 Å². The summed E-state index contributed by atoms with van der Waals surface area (Å²) in [5, 5.41) is 16.2. The van der Waals surface area contributed by atoms with Gasteiger partial charge in [0.25, 0.3) is 0 Å². The van der Waals surface area contributed by atoms with Crippen LogP contribution in [0, 0.1) is 62.3 Å². The molecule has 98 heavy (non-hydrogen) atoms. The van der Waals surface area contributed by atoms with Crippen molar-refractivity contribution in [1.82, 2.24) is 0 Å². The van der Waals surface area contributed by atoms with E-state index in [1.54, 1.807) is 0 Å². The molecule has 0 amide bonds. The Morgan fingerprint density at radius 2 is 0.429 bits per heavy atom. The summed E-state index contributed by atoms with van der Waals surface area (Å²) < 4.78 is 4.60. The Labute approximate surface area is 574 Å². The van der Waals surface area contributed by atoms with E-state index >= 15 is 0 Å². The van der Waals surface area contributed by atoms with Gasteiger partial charge in [0.05, 0.1) is 0 Å². The summed E-state index contributed by atoms with van der Waals surface area (Å²) in [6.07, 6.45) is 2.15. The van der Waals surface area contributed by atoms with E-state index in [2.05, 4.69) is 317 Å². The number of fused-ring (bicyclic) bond motifs is 9. The first kappa shape index (κ1) is 56.4. The Kier molecular flexibility index (Phi) is 11.3. The summed E-state index contributed by atoms with van der Waals surface area (Å²) >= 11 is -4.31. The van der Waals surface area contributed by atoms with Crippen LogP contribution in [-0.4, -0.2) is 13.3 Å². The fourth-order valence-corrected chi connectivity index (χ4v) is 31.6. The molecule has 6 aliphatic rings. The fourth-order valence-electron chi connectivity index (χ4n) is 18.8. The predicted molar refractivity (Wildman–Crippen MR) is 421 cm³/mol. The molecule has 0 atom stereocenters. The van der Waals surface area contributed by atoms with Crippen LogP contribution in [0.25, 0.3) is 64.6 Å². The molecule has 7 heteroatoms. The molecule has 0 unspecified atom stereocenters. The van der Waals surface area contributed by atoms with Gasteiger partial charge in [0.1, 0.15) is 0 Å². The van der Waals surface area contributed by atoms with E-state index in [0.717, 1.165) is 52.2 Å². The molecule has 0 N–H and O–H groups in total. The number of aryl methyl sites for hydroxylation is 9. The van der Waals surface area contributed by atoms with E-state index in [4.69, 9.17) is 0 Å². The molecule has 0 saturated heterocycles. The van der Waals surface area contributed by atoms with E-state index < -0.39 is 13.3 Å². The van der Waals surface area contributed by atoms with Gasteiger partial charge in [-0.3, -0.25) is 0 Å². The van der Waals surface area contributed by atoms with Crippen LogP contribution in [0.2, 0.25) is 5.25 Å². The monoisotopic (exact) mass is 1320 g/mol. The van der Waals surface area contributed by atoms with E-state index in [-0.39, 0.29) is 0 Å². The molecule has 15 aromatic rings. The molecule has 0 saturated carbocycles. The maximum atomic E-state index is 2.81. The molecule has 0 fully saturated rings. The average molecular weight is 1320 g/mol. The molecule has 0 aromatic heterocycles. The average Bonchev–Trinajstić information content (AvgIpc) is 0.649. The van der Waals surface area contributed by atoms with Gasteiger partial charge in [0, 0.05) is 0 Å². The van der Waals surface area contributed by atoms with Crippen molar-refractivity contribution in [1.29, 1.82) is 0 Å². The van der Waals surface area contributed by atoms with Gasteiger partial charge in [-0.15, -0.1) is 0 Å². The minimum atomic E-state index is -4.31. The van der Waals surface area contributed by atoms with Gasteiger partial charge in [0.15, 0.2) is 0 Å².